The molecule has 3 nitrogen and oxygen atoms in total. The van der Waals surface area contributed by atoms with Gasteiger partial charge in [0.1, 0.15) is 5.97 Å². The minimum Gasteiger partial charge on any atom is -0.544 e. The predicted molar refractivity (Wildman–Crippen MR) is 63.3 cm³/mol. The summed E-state index contributed by atoms with van der Waals surface area (Å²) in [6.07, 6.45) is 2.21. The zero-order valence-electron chi connectivity index (χ0n) is 10.2. The third-order valence-electron chi connectivity index (χ3n) is 3.69. The Morgan fingerprint density at radius 2 is 1.88 bits per heavy atom. The largest absolute Gasteiger partial charge is 0.544 e. The van der Waals surface area contributed by atoms with Gasteiger partial charge in [-0.2, -0.15) is 0 Å². The summed E-state index contributed by atoms with van der Waals surface area (Å²) in [5, 5.41) is 11.3. The zero-order chi connectivity index (χ0) is 12.3. The smallest absolute Gasteiger partial charge is 0.153 e. The number of benzene rings is 1. The molecule has 1 N–H and O–H groups in total. The lowest BCUT2D eigenvalue weighted by atomic mass is 9.96. The van der Waals surface area contributed by atoms with Gasteiger partial charge in [-0.05, 0) is 18.8 Å². The Balaban J connectivity index is 2.16. The molecule has 1 saturated heterocycles. The maximum Gasteiger partial charge on any atom is 0.153 e. The number of carboxylic acids is 1. The van der Waals surface area contributed by atoms with Crippen molar-refractivity contribution in [2.75, 3.05) is 13.1 Å². The van der Waals surface area contributed by atoms with E-state index in [0.717, 1.165) is 42.3 Å². The van der Waals surface area contributed by atoms with Gasteiger partial charge in [-0.3, -0.25) is 0 Å². The van der Waals surface area contributed by atoms with Gasteiger partial charge in [0, 0.05) is 5.56 Å². The number of quaternary nitrogens is 1. The number of piperidine rings is 1. The molecule has 0 aliphatic carbocycles. The lowest BCUT2D eigenvalue weighted by Gasteiger charge is -2.34. The quantitative estimate of drug-likeness (QED) is 0.785. The van der Waals surface area contributed by atoms with Crippen LogP contribution < -0.4 is 10.0 Å². The van der Waals surface area contributed by atoms with Crippen molar-refractivity contribution in [3.63, 3.8) is 0 Å². The molecule has 17 heavy (non-hydrogen) atoms. The van der Waals surface area contributed by atoms with Gasteiger partial charge in [-0.1, -0.05) is 37.3 Å². The number of nitrogens with one attached hydrogen (secondary N) is 1. The van der Waals surface area contributed by atoms with Crippen molar-refractivity contribution in [3.8, 4) is 0 Å². The first-order valence-corrected chi connectivity index (χ1v) is 6.29. The van der Waals surface area contributed by atoms with Crippen LogP contribution in [0.2, 0.25) is 0 Å². The van der Waals surface area contributed by atoms with Crippen molar-refractivity contribution >= 4 is 5.97 Å². The summed E-state index contributed by atoms with van der Waals surface area (Å²) >= 11 is 0. The van der Waals surface area contributed by atoms with Crippen molar-refractivity contribution in [2.24, 2.45) is 5.92 Å². The first kappa shape index (κ1) is 12.1. The Labute approximate surface area is 102 Å². The van der Waals surface area contributed by atoms with E-state index in [9.17, 15) is 9.90 Å². The Morgan fingerprint density at radius 1 is 1.29 bits per heavy atom. The first-order valence-electron chi connectivity index (χ1n) is 6.29. The number of carbonyl (C=O) groups excluding carboxylic acids is 1. The van der Waals surface area contributed by atoms with E-state index >= 15 is 0 Å². The number of carbonyl (C=O) groups is 1. The van der Waals surface area contributed by atoms with Crippen LogP contribution in [0.15, 0.2) is 30.3 Å². The van der Waals surface area contributed by atoms with E-state index in [4.69, 9.17) is 0 Å². The highest BCUT2D eigenvalue weighted by Gasteiger charge is 2.28. The molecule has 0 aromatic heterocycles. The zero-order valence-corrected chi connectivity index (χ0v) is 10.2. The molecule has 0 radical (unpaired) electrons. The van der Waals surface area contributed by atoms with Crippen molar-refractivity contribution < 1.29 is 14.8 Å². The molecule has 0 amide bonds. The molecule has 1 aromatic rings. The van der Waals surface area contributed by atoms with Gasteiger partial charge in [0.2, 0.25) is 0 Å². The lowest BCUT2D eigenvalue weighted by molar-refractivity contribution is -0.930. The Morgan fingerprint density at radius 3 is 2.41 bits per heavy atom. The van der Waals surface area contributed by atoms with Crippen LogP contribution in [-0.2, 0) is 4.79 Å². The van der Waals surface area contributed by atoms with Gasteiger partial charge in [0.25, 0.3) is 0 Å². The maximum absolute atomic E-state index is 11.3. The molecule has 1 aliphatic rings. The van der Waals surface area contributed by atoms with Crippen LogP contribution in [0, 0.1) is 5.92 Å². The average Bonchev–Trinajstić information content (AvgIpc) is 2.33. The average molecular weight is 233 g/mol. The highest BCUT2D eigenvalue weighted by Crippen LogP contribution is 2.13. The molecule has 0 saturated carbocycles. The molecule has 92 valence electrons. The second-order valence-electron chi connectivity index (χ2n) is 5.00. The number of rotatable bonds is 3. The number of hydrogen-bond acceptors (Lipinski definition) is 2. The number of carboxylic acid groups (broad SMARTS) is 1. The van der Waals surface area contributed by atoms with Gasteiger partial charge in [0.15, 0.2) is 6.04 Å². The lowest BCUT2D eigenvalue weighted by Crippen LogP contribution is -3.14. The summed E-state index contributed by atoms with van der Waals surface area (Å²) in [7, 11) is 0. The second-order valence-corrected chi connectivity index (χ2v) is 5.00. The molecule has 1 aliphatic heterocycles. The Bertz CT molecular complexity index is 369. The summed E-state index contributed by atoms with van der Waals surface area (Å²) in [6, 6.07) is 8.93. The highest BCUT2D eigenvalue weighted by molar-refractivity contribution is 5.71. The molecule has 2 rings (SSSR count). The van der Waals surface area contributed by atoms with Crippen LogP contribution in [0.25, 0.3) is 0 Å². The van der Waals surface area contributed by atoms with E-state index < -0.39 is 12.0 Å². The van der Waals surface area contributed by atoms with Crippen LogP contribution in [0.4, 0.5) is 0 Å². The van der Waals surface area contributed by atoms with E-state index in [1.54, 1.807) is 0 Å². The molecule has 3 heteroatoms. The fraction of sp³-hybridized carbons (Fsp3) is 0.500. The third kappa shape index (κ3) is 2.86. The predicted octanol–water partition coefficient (Wildman–Crippen LogP) is -0.208. The Kier molecular flexibility index (Phi) is 3.79. The minimum atomic E-state index is -0.958. The van der Waals surface area contributed by atoms with E-state index in [1.807, 2.05) is 30.3 Å². The van der Waals surface area contributed by atoms with Crippen molar-refractivity contribution in [3.05, 3.63) is 35.9 Å². The van der Waals surface area contributed by atoms with Crippen molar-refractivity contribution in [1.82, 2.24) is 0 Å². The van der Waals surface area contributed by atoms with Gasteiger partial charge >= 0.3 is 0 Å². The third-order valence-corrected chi connectivity index (χ3v) is 3.69. The number of likely N-dealkylation sites (tertiary alicyclic amines) is 1. The second kappa shape index (κ2) is 5.32. The minimum absolute atomic E-state index is 0.510. The summed E-state index contributed by atoms with van der Waals surface area (Å²) < 4.78 is 0. The van der Waals surface area contributed by atoms with Crippen LogP contribution in [0.1, 0.15) is 31.4 Å². The normalized spacial score (nSPS) is 26.4. The number of hydrogen-bond donors (Lipinski definition) is 1. The highest BCUT2D eigenvalue weighted by atomic mass is 16.4. The summed E-state index contributed by atoms with van der Waals surface area (Å²) in [5.74, 6) is -0.238. The van der Waals surface area contributed by atoms with Crippen LogP contribution in [0.5, 0.6) is 0 Å². The molecular formula is C14H19NO2. The summed E-state index contributed by atoms with van der Waals surface area (Å²) in [4.78, 5) is 12.5. The van der Waals surface area contributed by atoms with E-state index in [-0.39, 0.29) is 0 Å². The number of aliphatic carboxylic acids is 1. The molecule has 0 unspecified atom stereocenters. The molecule has 1 atom stereocenters. The molecule has 1 fully saturated rings. The van der Waals surface area contributed by atoms with Gasteiger partial charge in [0.05, 0.1) is 13.1 Å². The molecule has 0 spiro atoms. The van der Waals surface area contributed by atoms with Crippen LogP contribution in [-0.4, -0.2) is 19.1 Å². The van der Waals surface area contributed by atoms with Crippen LogP contribution in [0.3, 0.4) is 0 Å². The van der Waals surface area contributed by atoms with E-state index in [2.05, 4.69) is 6.92 Å². The molecule has 1 heterocycles. The van der Waals surface area contributed by atoms with Gasteiger partial charge < -0.3 is 14.8 Å². The van der Waals surface area contributed by atoms with Crippen molar-refractivity contribution in [1.29, 1.82) is 0 Å². The SMILES string of the molecule is CC1CC[NH+]([C@H](C(=O)[O-])c2ccccc2)CC1. The molecule has 1 aromatic carbocycles. The van der Waals surface area contributed by atoms with E-state index in [0.29, 0.717) is 0 Å². The first-order chi connectivity index (χ1) is 8.18. The maximum atomic E-state index is 11.3. The van der Waals surface area contributed by atoms with Gasteiger partial charge in [-0.25, -0.2) is 0 Å². The standard InChI is InChI=1S/C14H19NO2/c1-11-7-9-15(10-8-11)13(14(16)17)12-5-3-2-4-6-12/h2-6,11,13H,7-10H2,1H3,(H,16,17)/t13-/m0/s1. The monoisotopic (exact) mass is 233 g/mol. The molecule has 0 bridgehead atoms. The van der Waals surface area contributed by atoms with E-state index in [1.165, 1.54) is 0 Å². The van der Waals surface area contributed by atoms with Crippen molar-refractivity contribution in [2.45, 2.75) is 25.8 Å². The topological polar surface area (TPSA) is 44.6 Å². The van der Waals surface area contributed by atoms with Crippen LogP contribution >= 0.6 is 0 Å². The fourth-order valence-corrected chi connectivity index (χ4v) is 2.61. The summed E-state index contributed by atoms with van der Waals surface area (Å²) in [6.45, 7) is 4.08. The fourth-order valence-electron chi connectivity index (χ4n) is 2.61. The summed E-state index contributed by atoms with van der Waals surface area (Å²) in [5.41, 5.74) is 0.858. The Hall–Kier alpha value is -1.35. The molecular weight excluding hydrogens is 214 g/mol. The van der Waals surface area contributed by atoms with Gasteiger partial charge in [-0.15, -0.1) is 0 Å².